The molecule has 5 nitrogen and oxygen atoms in total. The summed E-state index contributed by atoms with van der Waals surface area (Å²) in [6, 6.07) is 15.4. The van der Waals surface area contributed by atoms with Gasteiger partial charge in [0, 0.05) is 5.75 Å². The lowest BCUT2D eigenvalue weighted by Gasteiger charge is -2.26. The summed E-state index contributed by atoms with van der Waals surface area (Å²) in [7, 11) is 1.65. The summed E-state index contributed by atoms with van der Waals surface area (Å²) in [5.41, 5.74) is 1.17. The van der Waals surface area contributed by atoms with Crippen LogP contribution in [0.4, 0.5) is 0 Å². The van der Waals surface area contributed by atoms with Crippen molar-refractivity contribution in [2.24, 2.45) is 0 Å². The van der Waals surface area contributed by atoms with Gasteiger partial charge in [-0.05, 0) is 29.8 Å². The number of ether oxygens (including phenoxy) is 3. The number of fused-ring (bicyclic) bond motifs is 1. The Balaban J connectivity index is 1.35. The molecule has 1 atom stereocenters. The number of rotatable bonds is 7. The molecule has 0 bridgehead atoms. The second-order valence-electron chi connectivity index (χ2n) is 5.64. The molecule has 0 aliphatic carbocycles. The van der Waals surface area contributed by atoms with E-state index in [2.05, 4.69) is 5.32 Å². The Kier molecular flexibility index (Phi) is 6.06. The Labute approximate surface area is 151 Å². The van der Waals surface area contributed by atoms with E-state index in [-0.39, 0.29) is 12.0 Å². The minimum Gasteiger partial charge on any atom is -0.497 e. The highest BCUT2D eigenvalue weighted by Gasteiger charge is 2.20. The van der Waals surface area contributed by atoms with E-state index in [4.69, 9.17) is 14.2 Å². The van der Waals surface area contributed by atoms with Crippen LogP contribution in [0.25, 0.3) is 0 Å². The van der Waals surface area contributed by atoms with Crippen LogP contribution in [0.1, 0.15) is 5.56 Å². The standard InChI is InChI=1S/C19H21NO4S/c1-22-15-8-6-14(7-9-15)12-25-13-19(21)20-10-16-11-23-17-4-2-3-5-18(17)24-16/h2-9,16H,10-13H2,1H3,(H,20,21)/t16-/m0/s1. The van der Waals surface area contributed by atoms with Gasteiger partial charge >= 0.3 is 0 Å². The first-order valence-electron chi connectivity index (χ1n) is 8.10. The van der Waals surface area contributed by atoms with Crippen LogP contribution in [0.5, 0.6) is 17.2 Å². The van der Waals surface area contributed by atoms with Crippen molar-refractivity contribution in [1.82, 2.24) is 5.32 Å². The third-order valence-electron chi connectivity index (χ3n) is 3.76. The van der Waals surface area contributed by atoms with E-state index in [1.54, 1.807) is 18.9 Å². The predicted molar refractivity (Wildman–Crippen MR) is 98.5 cm³/mol. The van der Waals surface area contributed by atoms with E-state index in [9.17, 15) is 4.79 Å². The molecule has 1 N–H and O–H groups in total. The molecule has 132 valence electrons. The maximum atomic E-state index is 12.0. The molecular formula is C19H21NO4S. The second kappa shape index (κ2) is 8.67. The van der Waals surface area contributed by atoms with E-state index in [1.807, 2.05) is 48.5 Å². The molecule has 2 aromatic rings. The Morgan fingerprint density at radius 1 is 1.20 bits per heavy atom. The number of hydrogen-bond donors (Lipinski definition) is 1. The van der Waals surface area contributed by atoms with Gasteiger partial charge in [-0.3, -0.25) is 4.79 Å². The van der Waals surface area contributed by atoms with Crippen LogP contribution in [0.15, 0.2) is 48.5 Å². The van der Waals surface area contributed by atoms with Crippen molar-refractivity contribution in [3.63, 3.8) is 0 Å². The lowest BCUT2D eigenvalue weighted by molar-refractivity contribution is -0.119. The SMILES string of the molecule is COc1ccc(CSCC(=O)NC[C@H]2COc3ccccc3O2)cc1. The van der Waals surface area contributed by atoms with Crippen LogP contribution in [-0.4, -0.2) is 38.0 Å². The molecule has 1 aliphatic heterocycles. The maximum Gasteiger partial charge on any atom is 0.230 e. The van der Waals surface area contributed by atoms with Crippen molar-refractivity contribution in [2.75, 3.05) is 26.0 Å². The maximum absolute atomic E-state index is 12.0. The van der Waals surface area contributed by atoms with Crippen LogP contribution < -0.4 is 19.5 Å². The molecule has 1 heterocycles. The third kappa shape index (κ3) is 5.06. The molecule has 0 aromatic heterocycles. The van der Waals surface area contributed by atoms with Crippen molar-refractivity contribution < 1.29 is 19.0 Å². The van der Waals surface area contributed by atoms with Crippen molar-refractivity contribution >= 4 is 17.7 Å². The number of carbonyl (C=O) groups excluding carboxylic acids is 1. The molecule has 0 unspecified atom stereocenters. The van der Waals surface area contributed by atoms with Crippen LogP contribution in [0.3, 0.4) is 0 Å². The summed E-state index contributed by atoms with van der Waals surface area (Å²) < 4.78 is 16.6. The Morgan fingerprint density at radius 2 is 1.96 bits per heavy atom. The number of thioether (sulfide) groups is 1. The molecule has 0 saturated heterocycles. The highest BCUT2D eigenvalue weighted by Crippen LogP contribution is 2.30. The van der Waals surface area contributed by atoms with Crippen molar-refractivity contribution in [2.45, 2.75) is 11.9 Å². The molecule has 1 aliphatic rings. The molecule has 0 fully saturated rings. The Morgan fingerprint density at radius 3 is 2.72 bits per heavy atom. The summed E-state index contributed by atoms with van der Waals surface area (Å²) in [6.07, 6.45) is -0.162. The van der Waals surface area contributed by atoms with Crippen LogP contribution in [0.2, 0.25) is 0 Å². The summed E-state index contributed by atoms with van der Waals surface area (Å²) in [4.78, 5) is 12.0. The largest absolute Gasteiger partial charge is 0.497 e. The number of para-hydroxylation sites is 2. The molecule has 1 amide bonds. The average molecular weight is 359 g/mol. The predicted octanol–water partition coefficient (Wildman–Crippen LogP) is 2.88. The number of nitrogens with one attached hydrogen (secondary N) is 1. The molecular weight excluding hydrogens is 338 g/mol. The molecule has 6 heteroatoms. The van der Waals surface area contributed by atoms with Crippen molar-refractivity contribution in [3.8, 4) is 17.2 Å². The van der Waals surface area contributed by atoms with Gasteiger partial charge in [-0.2, -0.15) is 0 Å². The van der Waals surface area contributed by atoms with Gasteiger partial charge in [0.2, 0.25) is 5.91 Å². The highest BCUT2D eigenvalue weighted by molar-refractivity contribution is 7.99. The van der Waals surface area contributed by atoms with Gasteiger partial charge in [0.1, 0.15) is 18.5 Å². The molecule has 0 radical (unpaired) electrons. The first-order chi connectivity index (χ1) is 12.2. The number of benzene rings is 2. The zero-order valence-electron chi connectivity index (χ0n) is 14.1. The van der Waals surface area contributed by atoms with Gasteiger partial charge in [-0.25, -0.2) is 0 Å². The zero-order valence-corrected chi connectivity index (χ0v) is 14.9. The van der Waals surface area contributed by atoms with Crippen LogP contribution in [0, 0.1) is 0 Å². The number of carbonyl (C=O) groups is 1. The van der Waals surface area contributed by atoms with Gasteiger partial charge in [-0.15, -0.1) is 11.8 Å². The summed E-state index contributed by atoms with van der Waals surface area (Å²) in [5.74, 6) is 3.51. The minimum atomic E-state index is -0.162. The van der Waals surface area contributed by atoms with Crippen LogP contribution >= 0.6 is 11.8 Å². The topological polar surface area (TPSA) is 56.8 Å². The van der Waals surface area contributed by atoms with Gasteiger partial charge in [0.15, 0.2) is 11.5 Å². The van der Waals surface area contributed by atoms with Gasteiger partial charge < -0.3 is 19.5 Å². The van der Waals surface area contributed by atoms with E-state index < -0.39 is 0 Å². The Hall–Kier alpha value is -2.34. The third-order valence-corrected chi connectivity index (χ3v) is 4.76. The normalized spacial score (nSPS) is 15.5. The fraction of sp³-hybridized carbons (Fsp3) is 0.316. The second-order valence-corrected chi connectivity index (χ2v) is 6.63. The van der Waals surface area contributed by atoms with E-state index in [0.29, 0.717) is 18.9 Å². The van der Waals surface area contributed by atoms with Crippen molar-refractivity contribution in [3.05, 3.63) is 54.1 Å². The van der Waals surface area contributed by atoms with Gasteiger partial charge in [0.25, 0.3) is 0 Å². The Bertz CT molecular complexity index is 705. The fourth-order valence-electron chi connectivity index (χ4n) is 2.43. The van der Waals surface area contributed by atoms with Crippen LogP contribution in [-0.2, 0) is 10.5 Å². The van der Waals surface area contributed by atoms with E-state index in [1.165, 1.54) is 5.56 Å². The minimum absolute atomic E-state index is 0.000898. The summed E-state index contributed by atoms with van der Waals surface area (Å²) in [6.45, 7) is 0.881. The fourth-order valence-corrected chi connectivity index (χ4v) is 3.24. The smallest absolute Gasteiger partial charge is 0.230 e. The van der Waals surface area contributed by atoms with E-state index in [0.717, 1.165) is 23.0 Å². The lowest BCUT2D eigenvalue weighted by atomic mass is 10.2. The lowest BCUT2D eigenvalue weighted by Crippen LogP contribution is -2.41. The summed E-state index contributed by atoms with van der Waals surface area (Å²) >= 11 is 1.58. The zero-order chi connectivity index (χ0) is 17.5. The molecule has 25 heavy (non-hydrogen) atoms. The quantitative estimate of drug-likeness (QED) is 0.824. The van der Waals surface area contributed by atoms with Crippen molar-refractivity contribution in [1.29, 1.82) is 0 Å². The van der Waals surface area contributed by atoms with Gasteiger partial charge in [0.05, 0.1) is 19.4 Å². The highest BCUT2D eigenvalue weighted by atomic mass is 32.2. The molecule has 0 spiro atoms. The summed E-state index contributed by atoms with van der Waals surface area (Å²) in [5, 5.41) is 2.90. The molecule has 2 aromatic carbocycles. The average Bonchev–Trinajstić information content (AvgIpc) is 2.67. The number of amides is 1. The number of methoxy groups -OCH3 is 1. The molecule has 3 rings (SSSR count). The first kappa shape index (κ1) is 17.5. The number of hydrogen-bond acceptors (Lipinski definition) is 5. The first-order valence-corrected chi connectivity index (χ1v) is 9.26. The van der Waals surface area contributed by atoms with Gasteiger partial charge in [-0.1, -0.05) is 24.3 Å². The van der Waals surface area contributed by atoms with E-state index >= 15 is 0 Å². The molecule has 0 saturated carbocycles. The monoisotopic (exact) mass is 359 g/mol.